The summed E-state index contributed by atoms with van der Waals surface area (Å²) in [7, 11) is 0. The Morgan fingerprint density at radius 2 is 2.00 bits per heavy atom. The fraction of sp³-hybridized carbons (Fsp3) is 0.455. The third-order valence-electron chi connectivity index (χ3n) is 2.88. The highest BCUT2D eigenvalue weighted by molar-refractivity contribution is 6.35. The molecule has 76 valence electrons. The molecule has 1 aliphatic carbocycles. The zero-order valence-corrected chi connectivity index (χ0v) is 9.22. The number of aliphatic hydroxyl groups is 1. The molecule has 3 heteroatoms. The number of rotatable bonds is 2. The zero-order valence-electron chi connectivity index (χ0n) is 7.71. The summed E-state index contributed by atoms with van der Waals surface area (Å²) < 4.78 is 0. The van der Waals surface area contributed by atoms with Crippen LogP contribution in [0.15, 0.2) is 18.2 Å². The second kappa shape index (κ2) is 4.09. The molecule has 14 heavy (non-hydrogen) atoms. The van der Waals surface area contributed by atoms with E-state index in [1.54, 1.807) is 12.1 Å². The Bertz CT molecular complexity index is 334. The van der Waals surface area contributed by atoms with E-state index < -0.39 is 6.10 Å². The Morgan fingerprint density at radius 1 is 1.29 bits per heavy atom. The van der Waals surface area contributed by atoms with Gasteiger partial charge in [0.25, 0.3) is 0 Å². The molecule has 1 aromatic rings. The highest BCUT2D eigenvalue weighted by Crippen LogP contribution is 2.40. The van der Waals surface area contributed by atoms with Gasteiger partial charge >= 0.3 is 0 Å². The summed E-state index contributed by atoms with van der Waals surface area (Å²) in [5.41, 5.74) is 0.806. The van der Waals surface area contributed by atoms with Crippen molar-refractivity contribution in [2.24, 2.45) is 5.92 Å². The molecule has 0 aromatic heterocycles. The quantitative estimate of drug-likeness (QED) is 0.820. The Hall–Kier alpha value is -0.240. The predicted octanol–water partition coefficient (Wildman–Crippen LogP) is 3.83. The first-order valence-electron chi connectivity index (χ1n) is 4.81. The molecule has 1 atom stereocenters. The van der Waals surface area contributed by atoms with E-state index in [0.717, 1.165) is 18.4 Å². The molecule has 0 bridgehead atoms. The van der Waals surface area contributed by atoms with Gasteiger partial charge in [0.05, 0.1) is 6.10 Å². The maximum absolute atomic E-state index is 9.98. The van der Waals surface area contributed by atoms with Gasteiger partial charge in [-0.05, 0) is 36.5 Å². The van der Waals surface area contributed by atoms with Crippen LogP contribution < -0.4 is 0 Å². The molecule has 1 aromatic carbocycles. The Balaban J connectivity index is 2.22. The highest BCUT2D eigenvalue weighted by atomic mass is 35.5. The van der Waals surface area contributed by atoms with E-state index in [-0.39, 0.29) is 0 Å². The summed E-state index contributed by atoms with van der Waals surface area (Å²) in [5, 5.41) is 11.2. The lowest BCUT2D eigenvalue weighted by atomic mass is 9.79. The van der Waals surface area contributed by atoms with E-state index in [0.29, 0.717) is 16.0 Å². The van der Waals surface area contributed by atoms with Gasteiger partial charge in [-0.15, -0.1) is 0 Å². The molecule has 1 fully saturated rings. The molecule has 0 heterocycles. The SMILES string of the molecule is OC(c1ccc(Cl)cc1Cl)C1CCC1. The van der Waals surface area contributed by atoms with Gasteiger partial charge in [0, 0.05) is 10.0 Å². The fourth-order valence-electron chi connectivity index (χ4n) is 1.75. The van der Waals surface area contributed by atoms with Crippen LogP contribution >= 0.6 is 23.2 Å². The molecule has 0 saturated heterocycles. The van der Waals surface area contributed by atoms with Crippen LogP contribution in [0.25, 0.3) is 0 Å². The van der Waals surface area contributed by atoms with Crippen LogP contribution in [0.5, 0.6) is 0 Å². The molecule has 0 aliphatic heterocycles. The molecule has 1 aliphatic rings. The summed E-state index contributed by atoms with van der Waals surface area (Å²) >= 11 is 11.8. The first-order valence-corrected chi connectivity index (χ1v) is 5.57. The van der Waals surface area contributed by atoms with E-state index in [2.05, 4.69) is 0 Å². The van der Waals surface area contributed by atoms with Gasteiger partial charge in [-0.3, -0.25) is 0 Å². The van der Waals surface area contributed by atoms with Gasteiger partial charge in [-0.25, -0.2) is 0 Å². The predicted molar refractivity (Wildman–Crippen MR) is 58.8 cm³/mol. The van der Waals surface area contributed by atoms with E-state index in [4.69, 9.17) is 23.2 Å². The van der Waals surface area contributed by atoms with E-state index in [1.165, 1.54) is 6.42 Å². The lowest BCUT2D eigenvalue weighted by Gasteiger charge is -2.30. The lowest BCUT2D eigenvalue weighted by molar-refractivity contribution is 0.0622. The fourth-order valence-corrected chi connectivity index (χ4v) is 2.27. The first kappa shape index (κ1) is 10.3. The third kappa shape index (κ3) is 1.90. The van der Waals surface area contributed by atoms with Crippen molar-refractivity contribution < 1.29 is 5.11 Å². The van der Waals surface area contributed by atoms with Crippen LogP contribution in [-0.4, -0.2) is 5.11 Å². The van der Waals surface area contributed by atoms with Crippen LogP contribution in [-0.2, 0) is 0 Å². The second-order valence-corrected chi connectivity index (χ2v) is 4.65. The molecule has 2 rings (SSSR count). The zero-order chi connectivity index (χ0) is 10.1. The number of hydrogen-bond donors (Lipinski definition) is 1. The molecule has 1 unspecified atom stereocenters. The molecule has 0 amide bonds. The molecule has 1 saturated carbocycles. The smallest absolute Gasteiger partial charge is 0.0832 e. The van der Waals surface area contributed by atoms with Gasteiger partial charge in [0.2, 0.25) is 0 Å². The summed E-state index contributed by atoms with van der Waals surface area (Å²) in [6, 6.07) is 5.26. The van der Waals surface area contributed by atoms with Crippen molar-refractivity contribution in [3.05, 3.63) is 33.8 Å². The summed E-state index contributed by atoms with van der Waals surface area (Å²) in [6.45, 7) is 0. The number of halogens is 2. The monoisotopic (exact) mass is 230 g/mol. The van der Waals surface area contributed by atoms with Crippen molar-refractivity contribution in [3.63, 3.8) is 0 Å². The van der Waals surface area contributed by atoms with Crippen LogP contribution in [0.4, 0.5) is 0 Å². The van der Waals surface area contributed by atoms with Crippen molar-refractivity contribution in [3.8, 4) is 0 Å². The van der Waals surface area contributed by atoms with Crippen LogP contribution in [0.3, 0.4) is 0 Å². The van der Waals surface area contributed by atoms with Gasteiger partial charge < -0.3 is 5.11 Å². The highest BCUT2D eigenvalue weighted by Gasteiger charge is 2.27. The van der Waals surface area contributed by atoms with Crippen molar-refractivity contribution in [1.29, 1.82) is 0 Å². The standard InChI is InChI=1S/C11H12Cl2O/c12-8-4-5-9(10(13)6-8)11(14)7-2-1-3-7/h4-7,11,14H,1-3H2. The lowest BCUT2D eigenvalue weighted by Crippen LogP contribution is -2.20. The van der Waals surface area contributed by atoms with Crippen LogP contribution in [0.2, 0.25) is 10.0 Å². The van der Waals surface area contributed by atoms with Crippen LogP contribution in [0.1, 0.15) is 30.9 Å². The topological polar surface area (TPSA) is 20.2 Å². The van der Waals surface area contributed by atoms with Crippen molar-refractivity contribution in [2.75, 3.05) is 0 Å². The van der Waals surface area contributed by atoms with Gasteiger partial charge in [0.1, 0.15) is 0 Å². The maximum atomic E-state index is 9.98. The summed E-state index contributed by atoms with van der Waals surface area (Å²) in [5.74, 6) is 0.383. The van der Waals surface area contributed by atoms with Gasteiger partial charge in [-0.2, -0.15) is 0 Å². The molecule has 1 N–H and O–H groups in total. The number of hydrogen-bond acceptors (Lipinski definition) is 1. The largest absolute Gasteiger partial charge is 0.388 e. The number of benzene rings is 1. The molecule has 0 spiro atoms. The molecular weight excluding hydrogens is 219 g/mol. The summed E-state index contributed by atoms with van der Waals surface area (Å²) in [6.07, 6.45) is 2.99. The molecule has 0 radical (unpaired) electrons. The minimum absolute atomic E-state index is 0.383. The molecule has 1 nitrogen and oxygen atoms in total. The van der Waals surface area contributed by atoms with Crippen LogP contribution in [0, 0.1) is 5.92 Å². The van der Waals surface area contributed by atoms with Crippen molar-refractivity contribution >= 4 is 23.2 Å². The van der Waals surface area contributed by atoms with Crippen molar-refractivity contribution in [1.82, 2.24) is 0 Å². The third-order valence-corrected chi connectivity index (χ3v) is 3.44. The van der Waals surface area contributed by atoms with E-state index in [9.17, 15) is 5.11 Å². The minimum atomic E-state index is -0.423. The average Bonchev–Trinajstić information content (AvgIpc) is 2.00. The van der Waals surface area contributed by atoms with E-state index >= 15 is 0 Å². The average molecular weight is 231 g/mol. The number of aliphatic hydroxyl groups excluding tert-OH is 1. The summed E-state index contributed by atoms with van der Waals surface area (Å²) in [4.78, 5) is 0. The van der Waals surface area contributed by atoms with Crippen molar-refractivity contribution in [2.45, 2.75) is 25.4 Å². The van der Waals surface area contributed by atoms with E-state index in [1.807, 2.05) is 6.07 Å². The Kier molecular flexibility index (Phi) is 3.01. The maximum Gasteiger partial charge on any atom is 0.0832 e. The first-order chi connectivity index (χ1) is 6.68. The minimum Gasteiger partial charge on any atom is -0.388 e. The Labute approximate surface area is 93.7 Å². The Morgan fingerprint density at radius 3 is 2.50 bits per heavy atom. The molecular formula is C11H12Cl2O. The van der Waals surface area contributed by atoms with Gasteiger partial charge in [-0.1, -0.05) is 35.7 Å². The van der Waals surface area contributed by atoms with Gasteiger partial charge in [0.15, 0.2) is 0 Å². The normalized spacial score (nSPS) is 19.1. The second-order valence-electron chi connectivity index (χ2n) is 3.80.